The Bertz CT molecular complexity index is 835. The van der Waals surface area contributed by atoms with Gasteiger partial charge in [0.05, 0.1) is 9.77 Å². The third-order valence-electron chi connectivity index (χ3n) is 2.97. The Kier molecular flexibility index (Phi) is 4.84. The number of rotatable bonds is 5. The number of nitrogens with zero attached hydrogens (tertiary/aromatic N) is 2. The van der Waals surface area contributed by atoms with Gasteiger partial charge in [0, 0.05) is 23.5 Å². The third kappa shape index (κ3) is 3.45. The minimum atomic E-state index is -3.54. The van der Waals surface area contributed by atoms with E-state index in [-0.39, 0.29) is 16.5 Å². The van der Waals surface area contributed by atoms with Gasteiger partial charge in [-0.25, -0.2) is 17.8 Å². The zero-order valence-electron chi connectivity index (χ0n) is 13.0. The zero-order valence-corrected chi connectivity index (χ0v) is 14.6. The van der Waals surface area contributed by atoms with Gasteiger partial charge >= 0.3 is 0 Å². The van der Waals surface area contributed by atoms with Crippen molar-refractivity contribution < 1.29 is 8.42 Å². The number of aromatic nitrogens is 2. The lowest BCUT2D eigenvalue weighted by Crippen LogP contribution is -2.30. The van der Waals surface area contributed by atoms with E-state index >= 15 is 0 Å². The molecule has 0 amide bonds. The lowest BCUT2D eigenvalue weighted by Gasteiger charge is -2.08. The normalized spacial score (nSPS) is 12.0. The van der Waals surface area contributed by atoms with Crippen LogP contribution in [0.25, 0.3) is 10.6 Å². The van der Waals surface area contributed by atoms with Crippen LogP contribution in [0, 0.1) is 6.92 Å². The molecule has 0 bridgehead atoms. The summed E-state index contributed by atoms with van der Waals surface area (Å²) < 4.78 is 28.5. The van der Waals surface area contributed by atoms with Gasteiger partial charge in [0.1, 0.15) is 5.69 Å². The molecular formula is C14H19N3O3S2. The Hall–Kier alpha value is -1.51. The molecule has 0 saturated heterocycles. The average molecular weight is 341 g/mol. The van der Waals surface area contributed by atoms with E-state index in [0.29, 0.717) is 17.1 Å². The van der Waals surface area contributed by atoms with Crippen molar-refractivity contribution in [1.82, 2.24) is 14.5 Å². The summed E-state index contributed by atoms with van der Waals surface area (Å²) in [7, 11) is -3.54. The van der Waals surface area contributed by atoms with Crippen molar-refractivity contribution in [3.8, 4) is 10.6 Å². The second kappa shape index (κ2) is 6.31. The molecule has 0 saturated carbocycles. The van der Waals surface area contributed by atoms with Crippen molar-refractivity contribution in [2.45, 2.75) is 45.2 Å². The molecule has 2 aromatic heterocycles. The van der Waals surface area contributed by atoms with E-state index in [1.54, 1.807) is 32.9 Å². The Labute approximate surface area is 133 Å². The average Bonchev–Trinajstić information content (AvgIpc) is 2.81. The van der Waals surface area contributed by atoms with Gasteiger partial charge < -0.3 is 0 Å². The molecule has 6 nitrogen and oxygen atoms in total. The van der Waals surface area contributed by atoms with Crippen LogP contribution in [0.5, 0.6) is 0 Å². The van der Waals surface area contributed by atoms with Crippen molar-refractivity contribution in [2.24, 2.45) is 0 Å². The zero-order chi connectivity index (χ0) is 16.5. The topological polar surface area (TPSA) is 81.1 Å². The number of hydrogen-bond donors (Lipinski definition) is 1. The van der Waals surface area contributed by atoms with Gasteiger partial charge in [-0.3, -0.25) is 4.79 Å². The number of nitrogens with one attached hydrogen (secondary N) is 1. The quantitative estimate of drug-likeness (QED) is 0.902. The first-order chi connectivity index (χ1) is 10.2. The molecular weight excluding hydrogens is 322 g/mol. The summed E-state index contributed by atoms with van der Waals surface area (Å²) in [4.78, 5) is 13.3. The van der Waals surface area contributed by atoms with Crippen LogP contribution in [0.2, 0.25) is 0 Å². The fourth-order valence-electron chi connectivity index (χ4n) is 2.04. The Balaban J connectivity index is 2.48. The van der Waals surface area contributed by atoms with Crippen LogP contribution in [0.15, 0.2) is 27.9 Å². The molecule has 0 aromatic carbocycles. The van der Waals surface area contributed by atoms with Gasteiger partial charge in [0.2, 0.25) is 10.0 Å². The second-order valence-corrected chi connectivity index (χ2v) is 8.12. The number of thiophene rings is 1. The molecule has 2 heterocycles. The maximum Gasteiger partial charge on any atom is 0.266 e. The minimum Gasteiger partial charge on any atom is -0.268 e. The van der Waals surface area contributed by atoms with Gasteiger partial charge in [0.25, 0.3) is 5.56 Å². The maximum absolute atomic E-state index is 12.3. The molecule has 0 aliphatic rings. The fourth-order valence-corrected chi connectivity index (χ4v) is 4.85. The summed E-state index contributed by atoms with van der Waals surface area (Å²) in [6.07, 6.45) is 0. The SMILES string of the molecule is CCn1nc(-c2cc(S(=O)(=O)NC(C)C)c(C)s2)ccc1=O. The van der Waals surface area contributed by atoms with Crippen molar-refractivity contribution in [3.05, 3.63) is 33.4 Å². The highest BCUT2D eigenvalue weighted by Gasteiger charge is 2.21. The number of aryl methyl sites for hydroxylation is 2. The van der Waals surface area contributed by atoms with Crippen LogP contribution in [0.3, 0.4) is 0 Å². The molecule has 0 unspecified atom stereocenters. The molecule has 2 rings (SSSR count). The summed E-state index contributed by atoms with van der Waals surface area (Å²) in [5.41, 5.74) is 0.425. The van der Waals surface area contributed by atoms with Crippen LogP contribution in [-0.2, 0) is 16.6 Å². The Morgan fingerprint density at radius 3 is 2.64 bits per heavy atom. The first kappa shape index (κ1) is 16.9. The summed E-state index contributed by atoms with van der Waals surface area (Å²) in [5, 5.41) is 4.26. The molecule has 1 N–H and O–H groups in total. The number of sulfonamides is 1. The van der Waals surface area contributed by atoms with Crippen molar-refractivity contribution >= 4 is 21.4 Å². The van der Waals surface area contributed by atoms with Crippen molar-refractivity contribution in [1.29, 1.82) is 0 Å². The van der Waals surface area contributed by atoms with E-state index in [9.17, 15) is 13.2 Å². The monoisotopic (exact) mass is 341 g/mol. The lowest BCUT2D eigenvalue weighted by atomic mass is 10.3. The molecule has 8 heteroatoms. The summed E-state index contributed by atoms with van der Waals surface area (Å²) >= 11 is 1.35. The molecule has 22 heavy (non-hydrogen) atoms. The number of hydrogen-bond acceptors (Lipinski definition) is 5. The third-order valence-corrected chi connectivity index (χ3v) is 5.96. The summed E-state index contributed by atoms with van der Waals surface area (Å²) in [6.45, 7) is 7.62. The highest BCUT2D eigenvalue weighted by Crippen LogP contribution is 2.32. The van der Waals surface area contributed by atoms with E-state index in [0.717, 1.165) is 4.88 Å². The summed E-state index contributed by atoms with van der Waals surface area (Å²) in [6, 6.07) is 4.50. The predicted octanol–water partition coefficient (Wildman–Crippen LogP) is 1.99. The molecule has 0 aliphatic carbocycles. The van der Waals surface area contributed by atoms with E-state index < -0.39 is 10.0 Å². The standard InChI is InChI=1S/C14H19N3O3S2/c1-5-17-14(18)7-6-11(15-17)12-8-13(10(4)21-12)22(19,20)16-9(2)3/h6-9,16H,5H2,1-4H3. The highest BCUT2D eigenvalue weighted by molar-refractivity contribution is 7.89. The van der Waals surface area contributed by atoms with E-state index in [4.69, 9.17) is 0 Å². The van der Waals surface area contributed by atoms with Crippen LogP contribution in [0.4, 0.5) is 0 Å². The van der Waals surface area contributed by atoms with Crippen LogP contribution < -0.4 is 10.3 Å². The van der Waals surface area contributed by atoms with E-state index in [1.165, 1.54) is 22.1 Å². The van der Waals surface area contributed by atoms with Crippen molar-refractivity contribution in [2.75, 3.05) is 0 Å². The summed E-state index contributed by atoms with van der Waals surface area (Å²) in [5.74, 6) is 0. The Morgan fingerprint density at radius 1 is 1.36 bits per heavy atom. The largest absolute Gasteiger partial charge is 0.268 e. The lowest BCUT2D eigenvalue weighted by molar-refractivity contribution is 0.570. The van der Waals surface area contributed by atoms with Crippen molar-refractivity contribution in [3.63, 3.8) is 0 Å². The smallest absolute Gasteiger partial charge is 0.266 e. The second-order valence-electron chi connectivity index (χ2n) is 5.18. The molecule has 0 radical (unpaired) electrons. The van der Waals surface area contributed by atoms with Crippen LogP contribution >= 0.6 is 11.3 Å². The Morgan fingerprint density at radius 2 is 2.05 bits per heavy atom. The molecule has 0 aliphatic heterocycles. The first-order valence-corrected chi connectivity index (χ1v) is 9.26. The molecule has 2 aromatic rings. The molecule has 120 valence electrons. The van der Waals surface area contributed by atoms with Gasteiger partial charge in [-0.05, 0) is 39.8 Å². The molecule has 0 atom stereocenters. The van der Waals surface area contributed by atoms with Gasteiger partial charge in [-0.2, -0.15) is 5.10 Å². The van der Waals surface area contributed by atoms with Gasteiger partial charge in [-0.1, -0.05) is 0 Å². The first-order valence-electron chi connectivity index (χ1n) is 6.96. The highest BCUT2D eigenvalue weighted by atomic mass is 32.2. The van der Waals surface area contributed by atoms with E-state index in [1.807, 2.05) is 6.92 Å². The molecule has 0 spiro atoms. The fraction of sp³-hybridized carbons (Fsp3) is 0.429. The van der Waals surface area contributed by atoms with Gasteiger partial charge in [0.15, 0.2) is 0 Å². The minimum absolute atomic E-state index is 0.172. The predicted molar refractivity (Wildman–Crippen MR) is 87.7 cm³/mol. The molecule has 0 fully saturated rings. The van der Waals surface area contributed by atoms with Crippen LogP contribution in [-0.4, -0.2) is 24.2 Å². The van der Waals surface area contributed by atoms with Crippen LogP contribution in [0.1, 0.15) is 25.6 Å². The maximum atomic E-state index is 12.3. The van der Waals surface area contributed by atoms with Gasteiger partial charge in [-0.15, -0.1) is 11.3 Å². The van der Waals surface area contributed by atoms with E-state index in [2.05, 4.69) is 9.82 Å².